The number of carboxylic acid groups (broad SMARTS) is 2. The van der Waals surface area contributed by atoms with Gasteiger partial charge < -0.3 is 20.8 Å². The molecule has 0 radical (unpaired) electrons. The van der Waals surface area contributed by atoms with Gasteiger partial charge in [0.1, 0.15) is 0 Å². The molecule has 2 heterocycles. The number of nitrogens with zero attached hydrogens (tertiary/aromatic N) is 6. The number of carbonyl (C=O) groups is 8. The molecule has 2 aliphatic heterocycles. The van der Waals surface area contributed by atoms with Gasteiger partial charge in [-0.15, -0.1) is 0 Å². The first-order valence-corrected chi connectivity index (χ1v) is 22.3. The fourth-order valence-electron chi connectivity index (χ4n) is 7.62. The summed E-state index contributed by atoms with van der Waals surface area (Å²) in [6.45, 7) is 0. The van der Waals surface area contributed by atoms with Gasteiger partial charge in [-0.25, -0.2) is 19.4 Å². The molecule has 0 aromatic heterocycles. The van der Waals surface area contributed by atoms with Crippen LogP contribution in [0.15, 0.2) is 215 Å². The van der Waals surface area contributed by atoms with Crippen molar-refractivity contribution in [1.29, 1.82) is 0 Å². The van der Waals surface area contributed by atoms with Crippen LogP contribution in [0.25, 0.3) is 0 Å². The molecule has 0 bridgehead atoms. The summed E-state index contributed by atoms with van der Waals surface area (Å²) in [5.74, 6) is -5.33. The van der Waals surface area contributed by atoms with Crippen LogP contribution in [0.3, 0.4) is 0 Å². The van der Waals surface area contributed by atoms with Crippen molar-refractivity contribution in [3.63, 3.8) is 0 Å². The van der Waals surface area contributed by atoms with E-state index in [9.17, 15) is 38.4 Å². The number of nitrogens with one attached hydrogen (secondary N) is 2. The van der Waals surface area contributed by atoms with Gasteiger partial charge >= 0.3 is 11.9 Å². The van der Waals surface area contributed by atoms with E-state index >= 15 is 0 Å². The third-order valence-electron chi connectivity index (χ3n) is 11.3. The lowest BCUT2D eigenvalue weighted by Gasteiger charge is -2.13. The zero-order valence-corrected chi connectivity index (χ0v) is 38.3. The van der Waals surface area contributed by atoms with Crippen molar-refractivity contribution in [2.24, 2.45) is 20.5 Å². The zero-order valence-electron chi connectivity index (χ0n) is 38.3. The molecule has 376 valence electrons. The van der Waals surface area contributed by atoms with E-state index in [1.165, 1.54) is 78.9 Å². The lowest BCUT2D eigenvalue weighted by molar-refractivity contribution is 0.0686. The largest absolute Gasteiger partial charge is 0.478 e. The van der Waals surface area contributed by atoms with Gasteiger partial charge in [0.15, 0.2) is 0 Å². The summed E-state index contributed by atoms with van der Waals surface area (Å²) in [5, 5.41) is 40.0. The molecule has 0 atom stereocenters. The molecule has 4 N–H and O–H groups in total. The number of imide groups is 2. The fraction of sp³-hybridized carbons (Fsp3) is 0.0345. The number of rotatable bonds is 12. The number of azo groups is 2. The third-order valence-corrected chi connectivity index (χ3v) is 11.3. The van der Waals surface area contributed by atoms with Gasteiger partial charge in [0.2, 0.25) is 0 Å². The molecule has 2 aliphatic rings. The minimum Gasteiger partial charge on any atom is -0.478 e. The summed E-state index contributed by atoms with van der Waals surface area (Å²) in [6.07, 6.45) is 0. The normalized spacial score (nSPS) is 12.3. The summed E-state index contributed by atoms with van der Waals surface area (Å²) < 4.78 is 0. The number of carboxylic acids is 2. The quantitative estimate of drug-likeness (QED) is 0.0664. The van der Waals surface area contributed by atoms with Gasteiger partial charge in [0.25, 0.3) is 35.4 Å². The smallest absolute Gasteiger partial charge is 0.335 e. The molecule has 18 heteroatoms. The first-order valence-electron chi connectivity index (χ1n) is 22.3. The highest BCUT2D eigenvalue weighted by atomic mass is 16.4. The highest BCUT2D eigenvalue weighted by Crippen LogP contribution is 2.33. The Morgan fingerprint density at radius 2 is 0.711 bits per heavy atom. The predicted octanol–water partition coefficient (Wildman–Crippen LogP) is 13.0. The van der Waals surface area contributed by atoms with Crippen LogP contribution in [-0.4, -0.2) is 57.6 Å². The average molecular weight is 1010 g/mol. The van der Waals surface area contributed by atoms with Crippen LogP contribution in [0.5, 0.6) is 0 Å². The predicted molar refractivity (Wildman–Crippen MR) is 285 cm³/mol. The van der Waals surface area contributed by atoms with Crippen LogP contribution < -0.4 is 20.4 Å². The van der Waals surface area contributed by atoms with E-state index in [-0.39, 0.29) is 59.4 Å². The Balaban J connectivity index is 0.000000216. The van der Waals surface area contributed by atoms with Crippen LogP contribution in [0.4, 0.5) is 45.5 Å². The Labute approximate surface area is 434 Å². The van der Waals surface area contributed by atoms with Gasteiger partial charge in [-0.1, -0.05) is 57.3 Å². The number of anilines is 4. The Kier molecular flexibility index (Phi) is 16.1. The topological polar surface area (TPSA) is 257 Å². The van der Waals surface area contributed by atoms with Crippen LogP contribution in [0.2, 0.25) is 0 Å². The number of hydrogen-bond acceptors (Lipinski definition) is 12. The molecule has 0 saturated heterocycles. The first-order chi connectivity index (χ1) is 35.8. The number of carbonyl (C=O) groups excluding carboxylic acids is 6. The van der Waals surface area contributed by atoms with E-state index < -0.39 is 47.4 Å². The van der Waals surface area contributed by atoms with Gasteiger partial charge in [-0.3, -0.25) is 28.8 Å². The molecule has 18 nitrogen and oxygen atoms in total. The maximum absolute atomic E-state index is 13.1. The van der Waals surface area contributed by atoms with Crippen LogP contribution in [0.1, 0.15) is 97.7 Å². The number of fused-ring (bicyclic) bond motifs is 2. The second kappa shape index (κ2) is 23.1. The van der Waals surface area contributed by atoms with Crippen molar-refractivity contribution < 1.29 is 48.6 Å². The molecule has 0 aliphatic carbocycles. The highest BCUT2D eigenvalue weighted by molar-refractivity contribution is 6.35. The summed E-state index contributed by atoms with van der Waals surface area (Å²) in [7, 11) is 0. The number of amides is 6. The molecule has 8 aromatic rings. The van der Waals surface area contributed by atoms with Crippen molar-refractivity contribution in [3.05, 3.63) is 239 Å². The number of aromatic carboxylic acids is 2. The van der Waals surface area contributed by atoms with Crippen LogP contribution in [0, 0.1) is 0 Å². The molecular weight excluding hydrogens is 969 g/mol. The van der Waals surface area contributed by atoms with E-state index in [0.717, 1.165) is 9.80 Å². The summed E-state index contributed by atoms with van der Waals surface area (Å²) in [5.41, 5.74) is 4.96. The third kappa shape index (κ3) is 11.6. The minimum atomic E-state index is -1.12. The van der Waals surface area contributed by atoms with Crippen LogP contribution in [-0.2, 0) is 0 Å². The maximum atomic E-state index is 13.1. The lowest BCUT2D eigenvalue weighted by Crippen LogP contribution is -2.29. The van der Waals surface area contributed by atoms with E-state index in [2.05, 4.69) is 31.1 Å². The minimum absolute atomic E-state index is 0. The Morgan fingerprint density at radius 1 is 0.342 bits per heavy atom. The second-order valence-corrected chi connectivity index (χ2v) is 16.2. The molecule has 8 aromatic carbocycles. The lowest BCUT2D eigenvalue weighted by atomic mass is 10.1. The van der Waals surface area contributed by atoms with E-state index in [0.29, 0.717) is 45.5 Å². The Hall–Kier alpha value is -10.9. The van der Waals surface area contributed by atoms with Crippen LogP contribution >= 0.6 is 0 Å². The molecule has 0 saturated carbocycles. The molecule has 6 amide bonds. The SMILES string of the molecule is C.C.O=C(O)c1ccc(NC(=O)c2ccc3c(c2)C(=O)N(c2ccc(N=Nc4ccccc4)cc2)C3=O)cc1.O=C(O)c1cccc(NC(=O)c2ccc3c(c2)C(=O)N(c2ccc(N=Nc4ccccc4)cc2)C3=O)c1. The monoisotopic (exact) mass is 1010 g/mol. The molecule has 0 fully saturated rings. The maximum Gasteiger partial charge on any atom is 0.335 e. The van der Waals surface area contributed by atoms with E-state index in [4.69, 9.17) is 10.2 Å². The molecule has 0 spiro atoms. The van der Waals surface area contributed by atoms with Crippen molar-refractivity contribution in [2.75, 3.05) is 20.4 Å². The summed E-state index contributed by atoms with van der Waals surface area (Å²) >= 11 is 0. The zero-order chi connectivity index (χ0) is 51.9. The van der Waals surface area contributed by atoms with Gasteiger partial charge in [-0.05, 0) is 152 Å². The van der Waals surface area contributed by atoms with Gasteiger partial charge in [0.05, 0.1) is 67.5 Å². The first kappa shape index (κ1) is 52.9. The van der Waals surface area contributed by atoms with E-state index in [1.807, 2.05) is 60.7 Å². The molecule has 0 unspecified atom stereocenters. The second-order valence-electron chi connectivity index (χ2n) is 16.2. The van der Waals surface area contributed by atoms with Gasteiger partial charge in [-0.2, -0.15) is 20.5 Å². The fourth-order valence-corrected chi connectivity index (χ4v) is 7.62. The Morgan fingerprint density at radius 3 is 1.12 bits per heavy atom. The van der Waals surface area contributed by atoms with Gasteiger partial charge in [0, 0.05) is 22.5 Å². The Bertz CT molecular complexity index is 3620. The van der Waals surface area contributed by atoms with Crippen molar-refractivity contribution in [1.82, 2.24) is 0 Å². The van der Waals surface area contributed by atoms with Crippen molar-refractivity contribution in [2.45, 2.75) is 14.9 Å². The highest BCUT2D eigenvalue weighted by Gasteiger charge is 2.38. The summed E-state index contributed by atoms with van der Waals surface area (Å²) in [4.78, 5) is 102. The van der Waals surface area contributed by atoms with E-state index in [1.54, 1.807) is 54.6 Å². The standard InChI is InChI=1S/2C28H18N4O5.2CH4/c33-25(29-21-8-4-5-18(15-21)28(36)37)17-9-14-23-24(16-17)27(35)32(26(23)34)22-12-10-20(11-13-22)31-30-19-6-2-1-3-7-19;33-25(29-19-9-6-17(7-10-19)28(36)37)18-8-15-23-24(16-18)27(35)32(26(23)34)22-13-11-21(12-14-22)31-30-20-4-2-1-3-5-20;;/h2*1-16H,(H,29,33)(H,36,37);2*1H4. The number of hydrogen-bond donors (Lipinski definition) is 4. The van der Waals surface area contributed by atoms with Crippen molar-refractivity contribution >= 4 is 92.9 Å². The molecular formula is C58H44N8O10. The average Bonchev–Trinajstić information content (AvgIpc) is 3.85. The molecule has 76 heavy (non-hydrogen) atoms. The number of benzene rings is 8. The molecule has 10 rings (SSSR count). The summed E-state index contributed by atoms with van der Waals surface area (Å²) in [6, 6.07) is 51.4. The van der Waals surface area contributed by atoms with Crippen molar-refractivity contribution in [3.8, 4) is 0 Å².